The Labute approximate surface area is 114 Å². The van der Waals surface area contributed by atoms with Crippen molar-refractivity contribution in [3.8, 4) is 0 Å². The molecular weight excluding hydrogens is 266 g/mol. The molecule has 0 saturated heterocycles. The number of anilines is 1. The van der Waals surface area contributed by atoms with Crippen molar-refractivity contribution in [2.24, 2.45) is 5.84 Å². The third kappa shape index (κ3) is 4.13. The van der Waals surface area contributed by atoms with Crippen molar-refractivity contribution in [3.05, 3.63) is 18.3 Å². The molecule has 1 heterocycles. The van der Waals surface area contributed by atoms with Gasteiger partial charge in [-0.2, -0.15) is 0 Å². The number of hydrazine groups is 1. The molecular formula is C11H21N5O2S. The van der Waals surface area contributed by atoms with Crippen LogP contribution in [-0.4, -0.2) is 44.5 Å². The second kappa shape index (κ2) is 5.83. The second-order valence-corrected chi connectivity index (χ2v) is 6.82. The largest absolute Gasteiger partial charge is 0.308 e. The van der Waals surface area contributed by atoms with Gasteiger partial charge in [-0.25, -0.2) is 24.0 Å². The van der Waals surface area contributed by atoms with E-state index in [0.29, 0.717) is 12.4 Å². The predicted molar refractivity (Wildman–Crippen MR) is 75.0 cm³/mol. The highest BCUT2D eigenvalue weighted by molar-refractivity contribution is 7.89. The number of pyridine rings is 1. The van der Waals surface area contributed by atoms with Gasteiger partial charge in [0, 0.05) is 24.3 Å². The summed E-state index contributed by atoms with van der Waals surface area (Å²) in [6, 6.07) is 2.80. The second-order valence-electron chi connectivity index (χ2n) is 5.05. The Morgan fingerprint density at radius 2 is 2.05 bits per heavy atom. The number of rotatable bonds is 6. The Morgan fingerprint density at radius 3 is 2.58 bits per heavy atom. The van der Waals surface area contributed by atoms with Crippen molar-refractivity contribution in [2.45, 2.75) is 24.3 Å². The number of hydrogen-bond acceptors (Lipinski definition) is 6. The molecule has 8 heteroatoms. The van der Waals surface area contributed by atoms with Crippen molar-refractivity contribution < 1.29 is 8.42 Å². The average Bonchev–Trinajstić information content (AvgIpc) is 2.36. The van der Waals surface area contributed by atoms with E-state index in [-0.39, 0.29) is 10.4 Å². The Balaban J connectivity index is 2.87. The molecule has 1 aromatic heterocycles. The first-order valence-corrected chi connectivity index (χ1v) is 7.27. The van der Waals surface area contributed by atoms with Gasteiger partial charge in [-0.15, -0.1) is 0 Å². The zero-order valence-electron chi connectivity index (χ0n) is 11.6. The van der Waals surface area contributed by atoms with Gasteiger partial charge in [-0.3, -0.25) is 0 Å². The van der Waals surface area contributed by atoms with E-state index in [0.717, 1.165) is 0 Å². The highest BCUT2D eigenvalue weighted by atomic mass is 32.2. The zero-order chi connectivity index (χ0) is 14.7. The number of hydrogen-bond donors (Lipinski definition) is 3. The molecule has 0 spiro atoms. The Bertz CT molecular complexity index is 528. The van der Waals surface area contributed by atoms with Crippen LogP contribution in [0.25, 0.3) is 0 Å². The quantitative estimate of drug-likeness (QED) is 0.502. The minimum atomic E-state index is -3.57. The number of nitrogen functional groups attached to an aromatic ring is 1. The molecule has 0 aliphatic carbocycles. The Morgan fingerprint density at radius 1 is 1.42 bits per heavy atom. The standard InChI is InChI=1S/C11H21N5O2S/c1-11(2,16(3)4)8-14-19(17,18)9-5-6-13-10(7-9)15-12/h5-7,14H,8,12H2,1-4H3,(H,13,15). The summed E-state index contributed by atoms with van der Waals surface area (Å²) in [5, 5.41) is 0. The van der Waals surface area contributed by atoms with Crippen LogP contribution in [-0.2, 0) is 10.0 Å². The van der Waals surface area contributed by atoms with E-state index < -0.39 is 10.0 Å². The Kier molecular flexibility index (Phi) is 4.86. The van der Waals surface area contributed by atoms with Gasteiger partial charge < -0.3 is 10.3 Å². The normalized spacial score (nSPS) is 12.7. The van der Waals surface area contributed by atoms with Crippen LogP contribution in [0.2, 0.25) is 0 Å². The lowest BCUT2D eigenvalue weighted by atomic mass is 10.1. The highest BCUT2D eigenvalue weighted by Crippen LogP contribution is 2.14. The lowest BCUT2D eigenvalue weighted by Gasteiger charge is -2.32. The van der Waals surface area contributed by atoms with Gasteiger partial charge in [-0.05, 0) is 34.0 Å². The summed E-state index contributed by atoms with van der Waals surface area (Å²) in [5.74, 6) is 5.51. The maximum Gasteiger partial charge on any atom is 0.240 e. The molecule has 0 atom stereocenters. The maximum absolute atomic E-state index is 12.1. The van der Waals surface area contributed by atoms with Gasteiger partial charge in [-0.1, -0.05) is 0 Å². The molecule has 0 aliphatic heterocycles. The average molecular weight is 287 g/mol. The lowest BCUT2D eigenvalue weighted by Crippen LogP contribution is -2.48. The van der Waals surface area contributed by atoms with Gasteiger partial charge in [0.25, 0.3) is 0 Å². The molecule has 0 saturated carbocycles. The molecule has 0 aromatic carbocycles. The molecule has 19 heavy (non-hydrogen) atoms. The molecule has 0 radical (unpaired) electrons. The van der Waals surface area contributed by atoms with Gasteiger partial charge in [0.2, 0.25) is 10.0 Å². The minimum absolute atomic E-state index is 0.130. The number of sulfonamides is 1. The van der Waals surface area contributed by atoms with Crippen LogP contribution in [0.5, 0.6) is 0 Å². The van der Waals surface area contributed by atoms with Crippen LogP contribution in [0.1, 0.15) is 13.8 Å². The Hall–Kier alpha value is -1.22. The smallest absolute Gasteiger partial charge is 0.240 e. The predicted octanol–water partition coefficient (Wildman–Crippen LogP) is -0.0143. The maximum atomic E-state index is 12.1. The minimum Gasteiger partial charge on any atom is -0.308 e. The third-order valence-electron chi connectivity index (χ3n) is 3.10. The van der Waals surface area contributed by atoms with Gasteiger partial charge >= 0.3 is 0 Å². The fourth-order valence-electron chi connectivity index (χ4n) is 1.17. The van der Waals surface area contributed by atoms with Crippen molar-refractivity contribution in [2.75, 3.05) is 26.1 Å². The molecule has 0 amide bonds. The van der Waals surface area contributed by atoms with Crippen molar-refractivity contribution in [1.29, 1.82) is 0 Å². The lowest BCUT2D eigenvalue weighted by molar-refractivity contribution is 0.199. The molecule has 0 bridgehead atoms. The summed E-state index contributed by atoms with van der Waals surface area (Å²) in [5.41, 5.74) is 2.04. The fourth-order valence-corrected chi connectivity index (χ4v) is 2.39. The SMILES string of the molecule is CN(C)C(C)(C)CNS(=O)(=O)c1ccnc(NN)c1. The molecule has 1 rings (SSSR count). The molecule has 0 aliphatic rings. The van der Waals surface area contributed by atoms with Crippen LogP contribution in [0.4, 0.5) is 5.82 Å². The zero-order valence-corrected chi connectivity index (χ0v) is 12.5. The number of likely N-dealkylation sites (N-methyl/N-ethyl adjacent to an activating group) is 1. The number of nitrogens with two attached hydrogens (primary N) is 1. The van der Waals surface area contributed by atoms with Gasteiger partial charge in [0.05, 0.1) is 4.90 Å². The van der Waals surface area contributed by atoms with Crippen LogP contribution in [0, 0.1) is 0 Å². The van der Waals surface area contributed by atoms with Crippen LogP contribution in [0.3, 0.4) is 0 Å². The van der Waals surface area contributed by atoms with Crippen molar-refractivity contribution >= 4 is 15.8 Å². The van der Waals surface area contributed by atoms with E-state index >= 15 is 0 Å². The van der Waals surface area contributed by atoms with Gasteiger partial charge in [0.1, 0.15) is 5.82 Å². The molecule has 1 aromatic rings. The first kappa shape index (κ1) is 15.8. The van der Waals surface area contributed by atoms with E-state index in [9.17, 15) is 8.42 Å². The fraction of sp³-hybridized carbons (Fsp3) is 0.545. The van der Waals surface area contributed by atoms with E-state index in [1.165, 1.54) is 18.3 Å². The van der Waals surface area contributed by atoms with Gasteiger partial charge in [0.15, 0.2) is 0 Å². The number of nitrogens with zero attached hydrogens (tertiary/aromatic N) is 2. The van der Waals surface area contributed by atoms with Crippen molar-refractivity contribution in [1.82, 2.24) is 14.6 Å². The summed E-state index contributed by atoms with van der Waals surface area (Å²) >= 11 is 0. The number of aromatic nitrogens is 1. The summed E-state index contributed by atoms with van der Waals surface area (Å²) in [6.45, 7) is 4.21. The summed E-state index contributed by atoms with van der Waals surface area (Å²) in [4.78, 5) is 5.95. The molecule has 7 nitrogen and oxygen atoms in total. The van der Waals surface area contributed by atoms with E-state index in [1.807, 2.05) is 32.8 Å². The highest BCUT2D eigenvalue weighted by Gasteiger charge is 2.24. The van der Waals surface area contributed by atoms with E-state index in [4.69, 9.17) is 5.84 Å². The third-order valence-corrected chi connectivity index (χ3v) is 4.49. The van der Waals surface area contributed by atoms with Crippen LogP contribution < -0.4 is 16.0 Å². The molecule has 0 unspecified atom stereocenters. The molecule has 4 N–H and O–H groups in total. The first-order chi connectivity index (χ1) is 8.69. The summed E-state index contributed by atoms with van der Waals surface area (Å²) in [6.07, 6.45) is 1.39. The molecule has 108 valence electrons. The van der Waals surface area contributed by atoms with Crippen LogP contribution >= 0.6 is 0 Å². The monoisotopic (exact) mass is 287 g/mol. The summed E-state index contributed by atoms with van der Waals surface area (Å²) < 4.78 is 26.9. The first-order valence-electron chi connectivity index (χ1n) is 5.79. The van der Waals surface area contributed by atoms with Crippen LogP contribution in [0.15, 0.2) is 23.2 Å². The summed E-state index contributed by atoms with van der Waals surface area (Å²) in [7, 11) is 0.228. The number of nitrogens with one attached hydrogen (secondary N) is 2. The molecule has 0 fully saturated rings. The van der Waals surface area contributed by atoms with E-state index in [1.54, 1.807) is 0 Å². The van der Waals surface area contributed by atoms with E-state index in [2.05, 4.69) is 15.1 Å². The van der Waals surface area contributed by atoms with Crippen molar-refractivity contribution in [3.63, 3.8) is 0 Å². The topological polar surface area (TPSA) is 100 Å².